The van der Waals surface area contributed by atoms with E-state index in [2.05, 4.69) is 0 Å². The lowest BCUT2D eigenvalue weighted by Crippen LogP contribution is -2.38. The van der Waals surface area contributed by atoms with Crippen LogP contribution in [-0.4, -0.2) is 37.2 Å². The maximum absolute atomic E-state index is 11.2. The molecule has 0 atom stereocenters. The van der Waals surface area contributed by atoms with E-state index in [0.717, 1.165) is 0 Å². The lowest BCUT2D eigenvalue weighted by Gasteiger charge is -2.28. The number of carboxylic acids is 1. The number of hydrogen-bond acceptors (Lipinski definition) is 5. The van der Waals surface area contributed by atoms with E-state index in [1.54, 1.807) is 6.92 Å². The van der Waals surface area contributed by atoms with Crippen molar-refractivity contribution in [2.24, 2.45) is 0 Å². The van der Waals surface area contributed by atoms with E-state index in [1.165, 1.54) is 14.2 Å². The molecule has 0 aromatic heterocycles. The molecule has 0 saturated heterocycles. The van der Waals surface area contributed by atoms with Crippen molar-refractivity contribution in [3.05, 3.63) is 0 Å². The molecule has 0 aliphatic heterocycles. The zero-order valence-electron chi connectivity index (χ0n) is 9.11. The fourth-order valence-corrected chi connectivity index (χ4v) is 0.961. The summed E-state index contributed by atoms with van der Waals surface area (Å²) in [5, 5.41) is 8.36. The van der Waals surface area contributed by atoms with Crippen LogP contribution in [0.15, 0.2) is 0 Å². The summed E-state index contributed by atoms with van der Waals surface area (Å²) in [6.45, 7) is 1.72. The van der Waals surface area contributed by atoms with E-state index < -0.39 is 17.9 Å². The van der Waals surface area contributed by atoms with Gasteiger partial charge < -0.3 is 19.3 Å². The molecule has 0 rings (SSSR count). The number of hydrogen-bond donors (Lipinski definition) is 1. The van der Waals surface area contributed by atoms with Crippen LogP contribution in [0, 0.1) is 0 Å². The number of carbonyl (C=O) groups excluding carboxylic acids is 1. The summed E-state index contributed by atoms with van der Waals surface area (Å²) in [6, 6.07) is 0. The smallest absolute Gasteiger partial charge is 0.328 e. The Balaban J connectivity index is 4.17. The Labute approximate surface area is 88.1 Å². The zero-order chi connectivity index (χ0) is 11.9. The van der Waals surface area contributed by atoms with Crippen LogP contribution in [0.1, 0.15) is 26.2 Å². The Kier molecular flexibility index (Phi) is 5.88. The van der Waals surface area contributed by atoms with Gasteiger partial charge in [0.05, 0.1) is 12.8 Å². The Morgan fingerprint density at radius 2 is 1.73 bits per heavy atom. The maximum atomic E-state index is 11.2. The van der Waals surface area contributed by atoms with Gasteiger partial charge in [0.2, 0.25) is 0 Å². The van der Waals surface area contributed by atoms with Gasteiger partial charge in [0.25, 0.3) is 0 Å². The summed E-state index contributed by atoms with van der Waals surface area (Å²) in [5.74, 6) is -3.12. The van der Waals surface area contributed by atoms with Crippen molar-refractivity contribution in [1.82, 2.24) is 0 Å². The molecule has 0 amide bonds. The van der Waals surface area contributed by atoms with Gasteiger partial charge in [0, 0.05) is 20.6 Å². The Bertz CT molecular complexity index is 212. The fourth-order valence-electron chi connectivity index (χ4n) is 0.961. The van der Waals surface area contributed by atoms with Crippen molar-refractivity contribution in [1.29, 1.82) is 0 Å². The molecule has 0 radical (unpaired) electrons. The average Bonchev–Trinajstić information content (AvgIpc) is 2.23. The molecule has 0 fully saturated rings. The second-order valence-electron chi connectivity index (χ2n) is 2.81. The number of rotatable bonds is 7. The minimum atomic E-state index is -1.41. The van der Waals surface area contributed by atoms with E-state index in [1.807, 2.05) is 0 Å². The van der Waals surface area contributed by atoms with Gasteiger partial charge in [-0.25, -0.2) is 0 Å². The van der Waals surface area contributed by atoms with Gasteiger partial charge in [-0.15, -0.1) is 0 Å². The third-order valence-electron chi connectivity index (χ3n) is 1.87. The number of carboxylic acid groups (broad SMARTS) is 1. The zero-order valence-corrected chi connectivity index (χ0v) is 9.11. The van der Waals surface area contributed by atoms with Gasteiger partial charge in [-0.2, -0.15) is 0 Å². The summed E-state index contributed by atoms with van der Waals surface area (Å²) < 4.78 is 14.7. The third kappa shape index (κ3) is 4.75. The molecule has 6 heteroatoms. The van der Waals surface area contributed by atoms with Crippen molar-refractivity contribution in [2.75, 3.05) is 14.2 Å². The standard InChI is InChI=1S/C9H16O6/c1-4-9(13-2,14-3)15-8(12)6-5-7(10)11/h4-6H2,1-3H3,(H,10,11). The van der Waals surface area contributed by atoms with Crippen LogP contribution in [-0.2, 0) is 23.8 Å². The second-order valence-corrected chi connectivity index (χ2v) is 2.81. The molecule has 0 bridgehead atoms. The second kappa shape index (κ2) is 6.36. The molecule has 15 heavy (non-hydrogen) atoms. The number of ether oxygens (including phenoxy) is 3. The molecule has 0 saturated carbocycles. The molecule has 1 N–H and O–H groups in total. The van der Waals surface area contributed by atoms with E-state index >= 15 is 0 Å². The van der Waals surface area contributed by atoms with Crippen molar-refractivity contribution in [3.63, 3.8) is 0 Å². The largest absolute Gasteiger partial charge is 0.481 e. The summed E-state index contributed by atoms with van der Waals surface area (Å²) in [6.07, 6.45) is -0.158. The van der Waals surface area contributed by atoms with Gasteiger partial charge >= 0.3 is 17.9 Å². The summed E-state index contributed by atoms with van der Waals surface area (Å²) in [5.41, 5.74) is 0. The first-order valence-corrected chi connectivity index (χ1v) is 4.53. The molecule has 0 unspecified atom stereocenters. The first-order valence-electron chi connectivity index (χ1n) is 4.53. The minimum absolute atomic E-state index is 0.205. The highest BCUT2D eigenvalue weighted by Crippen LogP contribution is 2.18. The molecule has 0 aromatic rings. The van der Waals surface area contributed by atoms with Crippen molar-refractivity contribution < 1.29 is 28.9 Å². The Morgan fingerprint density at radius 1 is 1.20 bits per heavy atom. The molecule has 0 aromatic carbocycles. The molecular weight excluding hydrogens is 204 g/mol. The van der Waals surface area contributed by atoms with Crippen LogP contribution in [0.3, 0.4) is 0 Å². The van der Waals surface area contributed by atoms with Crippen LogP contribution in [0.4, 0.5) is 0 Å². The predicted molar refractivity (Wildman–Crippen MR) is 50.0 cm³/mol. The van der Waals surface area contributed by atoms with Gasteiger partial charge in [0.15, 0.2) is 0 Å². The van der Waals surface area contributed by atoms with Crippen LogP contribution in [0.25, 0.3) is 0 Å². The van der Waals surface area contributed by atoms with Crippen LogP contribution in [0.5, 0.6) is 0 Å². The van der Waals surface area contributed by atoms with E-state index in [0.29, 0.717) is 6.42 Å². The molecule has 0 aliphatic rings. The van der Waals surface area contributed by atoms with Crippen molar-refractivity contribution >= 4 is 11.9 Å². The summed E-state index contributed by atoms with van der Waals surface area (Å²) in [7, 11) is 2.69. The molecule has 0 aliphatic carbocycles. The SMILES string of the molecule is CCC(OC)(OC)OC(=O)CCC(=O)O. The monoisotopic (exact) mass is 220 g/mol. The van der Waals surface area contributed by atoms with Gasteiger partial charge in [-0.3, -0.25) is 9.59 Å². The predicted octanol–water partition coefficient (Wildman–Crippen LogP) is 0.751. The number of esters is 1. The lowest BCUT2D eigenvalue weighted by atomic mass is 10.3. The molecule has 0 heterocycles. The highest BCUT2D eigenvalue weighted by molar-refractivity contribution is 5.76. The van der Waals surface area contributed by atoms with Crippen LogP contribution < -0.4 is 0 Å². The first kappa shape index (κ1) is 13.9. The minimum Gasteiger partial charge on any atom is -0.481 e. The number of aliphatic carboxylic acids is 1. The Morgan fingerprint density at radius 3 is 2.07 bits per heavy atom. The van der Waals surface area contributed by atoms with E-state index in [-0.39, 0.29) is 12.8 Å². The van der Waals surface area contributed by atoms with E-state index in [9.17, 15) is 9.59 Å². The highest BCUT2D eigenvalue weighted by Gasteiger charge is 2.32. The van der Waals surface area contributed by atoms with Crippen molar-refractivity contribution in [3.8, 4) is 0 Å². The quantitative estimate of drug-likeness (QED) is 0.503. The van der Waals surface area contributed by atoms with Crippen LogP contribution in [0.2, 0.25) is 0 Å². The molecular formula is C9H16O6. The van der Waals surface area contributed by atoms with Gasteiger partial charge in [-0.05, 0) is 0 Å². The highest BCUT2D eigenvalue weighted by atomic mass is 16.9. The average molecular weight is 220 g/mol. The Hall–Kier alpha value is -1.14. The fraction of sp³-hybridized carbons (Fsp3) is 0.778. The van der Waals surface area contributed by atoms with E-state index in [4.69, 9.17) is 19.3 Å². The third-order valence-corrected chi connectivity index (χ3v) is 1.87. The summed E-state index contributed by atoms with van der Waals surface area (Å²) in [4.78, 5) is 21.4. The van der Waals surface area contributed by atoms with Crippen molar-refractivity contribution in [2.45, 2.75) is 32.2 Å². The normalized spacial score (nSPS) is 11.1. The maximum Gasteiger partial charge on any atom is 0.328 e. The molecule has 0 spiro atoms. The lowest BCUT2D eigenvalue weighted by molar-refractivity contribution is -0.345. The van der Waals surface area contributed by atoms with Gasteiger partial charge in [-0.1, -0.05) is 6.92 Å². The first-order chi connectivity index (χ1) is 6.99. The molecule has 88 valence electrons. The summed E-state index contributed by atoms with van der Waals surface area (Å²) >= 11 is 0. The molecule has 6 nitrogen and oxygen atoms in total. The topological polar surface area (TPSA) is 82.1 Å². The van der Waals surface area contributed by atoms with Crippen LogP contribution >= 0.6 is 0 Å². The van der Waals surface area contributed by atoms with Gasteiger partial charge in [0.1, 0.15) is 0 Å². The number of methoxy groups -OCH3 is 2. The number of carbonyl (C=O) groups is 2.